The minimum Gasteiger partial charge on any atom is -0.368 e. The number of nitrogens with two attached hydrogens (primary N) is 1. The highest BCUT2D eigenvalue weighted by Gasteiger charge is 2.37. The molecular formula is C40H63N8O10P. The number of benzene rings is 1. The van der Waals surface area contributed by atoms with Gasteiger partial charge >= 0.3 is 7.82 Å². The van der Waals surface area contributed by atoms with E-state index in [1.165, 1.54) is 43.8 Å². The van der Waals surface area contributed by atoms with E-state index in [0.29, 0.717) is 31.5 Å². The lowest BCUT2D eigenvalue weighted by molar-refractivity contribution is -0.138. The number of primary amides is 1. The van der Waals surface area contributed by atoms with E-state index >= 15 is 0 Å². The molecule has 2 aromatic rings. The second-order valence-corrected chi connectivity index (χ2v) is 16.9. The van der Waals surface area contributed by atoms with Crippen molar-refractivity contribution >= 4 is 43.3 Å². The van der Waals surface area contributed by atoms with E-state index in [1.54, 1.807) is 0 Å². The number of aromatic nitrogens is 2. The summed E-state index contributed by atoms with van der Waals surface area (Å²) in [7, 11) is -4.65. The molecule has 1 saturated heterocycles. The molecule has 1 aromatic carbocycles. The molecule has 19 heteroatoms. The van der Waals surface area contributed by atoms with Gasteiger partial charge in [0.25, 0.3) is 0 Å². The number of aryl methyl sites for hydroxylation is 1. The zero-order chi connectivity index (χ0) is 43.5. The number of phosphoric acid groups is 1. The molecule has 0 spiro atoms. The molecule has 0 aliphatic carbocycles. The average Bonchev–Trinajstić information content (AvgIpc) is 3.89. The van der Waals surface area contributed by atoms with Crippen LogP contribution in [0.5, 0.6) is 0 Å². The Bertz CT molecular complexity index is 1710. The number of unbranched alkanes of at least 4 members (excludes halogenated alkanes) is 5. The van der Waals surface area contributed by atoms with Gasteiger partial charge in [-0.2, -0.15) is 0 Å². The van der Waals surface area contributed by atoms with Crippen molar-refractivity contribution in [2.75, 3.05) is 13.2 Å². The first-order valence-corrected chi connectivity index (χ1v) is 21.9. The Labute approximate surface area is 346 Å². The Morgan fingerprint density at radius 2 is 1.58 bits per heavy atom. The van der Waals surface area contributed by atoms with Crippen LogP contribution in [-0.2, 0) is 55.2 Å². The standard InChI is InChI=1S/C40H63N8O10P/c1-26(2)22-32(46-40(54)34-19-15-20-48(34)29(5)49)39(53)45-33(23-31-24-42-25-43-31)38(52)44-27(3)37(51)47-35(36(41)50)28(4)58-59(55,56)57-21-14-9-7-6-8-11-16-30-17-12-10-13-18-30/h10,12-13,17-18,24-28,32-35H,6-9,11,14-16,19-23H2,1-5H3,(H2,41,50)(H,42,43)(H,44,52)(H,45,53)(H,46,54)(H,47,51)(H,55,56)/t27-,28+,32-,33-,34-,35-/m0/s1. The summed E-state index contributed by atoms with van der Waals surface area (Å²) in [5.74, 6) is -4.12. The summed E-state index contributed by atoms with van der Waals surface area (Å²) in [6.45, 7) is 8.11. The third-order valence-electron chi connectivity index (χ3n) is 9.99. The second-order valence-electron chi connectivity index (χ2n) is 15.5. The third kappa shape index (κ3) is 17.2. The maximum absolute atomic E-state index is 13.7. The number of likely N-dealkylation sites (tertiary alicyclic amines) is 1. The van der Waals surface area contributed by atoms with Crippen molar-refractivity contribution in [3.63, 3.8) is 0 Å². The zero-order valence-corrected chi connectivity index (χ0v) is 35.7. The van der Waals surface area contributed by atoms with Crippen molar-refractivity contribution in [2.24, 2.45) is 11.7 Å². The molecule has 3 rings (SSSR count). The van der Waals surface area contributed by atoms with Crippen LogP contribution in [0, 0.1) is 5.92 Å². The van der Waals surface area contributed by atoms with Gasteiger partial charge in [-0.05, 0) is 63.9 Å². The van der Waals surface area contributed by atoms with Crippen LogP contribution in [-0.4, -0.2) is 105 Å². The van der Waals surface area contributed by atoms with Crippen LogP contribution in [0.2, 0.25) is 0 Å². The van der Waals surface area contributed by atoms with E-state index in [2.05, 4.69) is 43.4 Å². The third-order valence-corrected chi connectivity index (χ3v) is 11.1. The summed E-state index contributed by atoms with van der Waals surface area (Å²) in [4.78, 5) is 96.9. The fourth-order valence-electron chi connectivity index (χ4n) is 6.83. The lowest BCUT2D eigenvalue weighted by atomic mass is 10.0. The Morgan fingerprint density at radius 3 is 2.20 bits per heavy atom. The molecule has 59 heavy (non-hydrogen) atoms. The molecule has 7 atom stereocenters. The Morgan fingerprint density at radius 1 is 0.915 bits per heavy atom. The lowest BCUT2D eigenvalue weighted by Crippen LogP contribution is -2.59. The van der Waals surface area contributed by atoms with E-state index in [1.807, 2.05) is 32.0 Å². The number of H-pyrrole nitrogens is 1. The maximum Gasteiger partial charge on any atom is 0.472 e. The van der Waals surface area contributed by atoms with Crippen LogP contribution >= 0.6 is 7.82 Å². The van der Waals surface area contributed by atoms with E-state index in [9.17, 15) is 38.2 Å². The van der Waals surface area contributed by atoms with Gasteiger partial charge < -0.3 is 41.8 Å². The van der Waals surface area contributed by atoms with Crippen LogP contribution in [0.15, 0.2) is 42.9 Å². The average molecular weight is 847 g/mol. The van der Waals surface area contributed by atoms with Crippen molar-refractivity contribution < 1.29 is 47.3 Å². The number of amides is 6. The number of hydrogen-bond acceptors (Lipinski definition) is 10. The summed E-state index contributed by atoms with van der Waals surface area (Å²) in [5, 5.41) is 10.3. The molecule has 1 aliphatic heterocycles. The summed E-state index contributed by atoms with van der Waals surface area (Å²) >= 11 is 0. The summed E-state index contributed by atoms with van der Waals surface area (Å²) in [6.07, 6.45) is 9.17. The zero-order valence-electron chi connectivity index (χ0n) is 34.8. The van der Waals surface area contributed by atoms with Crippen molar-refractivity contribution in [3.05, 3.63) is 54.1 Å². The predicted molar refractivity (Wildman–Crippen MR) is 219 cm³/mol. The summed E-state index contributed by atoms with van der Waals surface area (Å²) in [6, 6.07) is 4.38. The molecule has 8 N–H and O–H groups in total. The first-order valence-electron chi connectivity index (χ1n) is 20.4. The topological polar surface area (TPSA) is 264 Å². The predicted octanol–water partition coefficient (Wildman–Crippen LogP) is 2.56. The van der Waals surface area contributed by atoms with Crippen molar-refractivity contribution in [2.45, 2.75) is 142 Å². The molecular weight excluding hydrogens is 783 g/mol. The Kier molecular flexibility index (Phi) is 20.2. The molecule has 18 nitrogen and oxygen atoms in total. The second kappa shape index (κ2) is 24.4. The number of aromatic amines is 1. The highest BCUT2D eigenvalue weighted by Crippen LogP contribution is 2.45. The SMILES string of the molecule is CC(=O)N1CCC[C@H]1C(=O)N[C@@H](CC(C)C)C(=O)N[C@@H](Cc1cnc[nH]1)C(=O)N[C@@H](C)C(=O)N[C@H](C(N)=O)[C@@H](C)OP(=O)(O)OCCCCCCCCc1ccccc1. The fraction of sp³-hybridized carbons (Fsp3) is 0.625. The van der Waals surface area contributed by atoms with Crippen molar-refractivity contribution in [3.8, 4) is 0 Å². The molecule has 2 heterocycles. The number of phosphoric ester groups is 1. The van der Waals surface area contributed by atoms with Crippen LogP contribution in [0.25, 0.3) is 0 Å². The summed E-state index contributed by atoms with van der Waals surface area (Å²) in [5.41, 5.74) is 7.32. The van der Waals surface area contributed by atoms with E-state index in [4.69, 9.17) is 14.8 Å². The minimum atomic E-state index is -4.65. The molecule has 328 valence electrons. The van der Waals surface area contributed by atoms with Gasteiger partial charge in [0.1, 0.15) is 30.2 Å². The number of imidazole rings is 1. The number of carbonyl (C=O) groups is 6. The number of rotatable bonds is 26. The molecule has 0 bridgehead atoms. The van der Waals surface area contributed by atoms with E-state index in [0.717, 1.165) is 38.5 Å². The van der Waals surface area contributed by atoms with E-state index in [-0.39, 0.29) is 31.3 Å². The Hall–Kier alpha value is -4.64. The highest BCUT2D eigenvalue weighted by atomic mass is 31.2. The lowest BCUT2D eigenvalue weighted by Gasteiger charge is -2.28. The van der Waals surface area contributed by atoms with Gasteiger partial charge in [-0.25, -0.2) is 9.55 Å². The van der Waals surface area contributed by atoms with Gasteiger partial charge in [0, 0.05) is 31.8 Å². The smallest absolute Gasteiger partial charge is 0.368 e. The van der Waals surface area contributed by atoms with Gasteiger partial charge in [-0.3, -0.25) is 37.8 Å². The largest absolute Gasteiger partial charge is 0.472 e. The molecule has 1 aliphatic rings. The van der Waals surface area contributed by atoms with Crippen LogP contribution in [0.4, 0.5) is 0 Å². The van der Waals surface area contributed by atoms with E-state index < -0.39 is 73.7 Å². The van der Waals surface area contributed by atoms with Gasteiger partial charge in [-0.15, -0.1) is 0 Å². The highest BCUT2D eigenvalue weighted by molar-refractivity contribution is 7.47. The molecule has 0 saturated carbocycles. The first kappa shape index (κ1) is 48.7. The first-order chi connectivity index (χ1) is 28.0. The normalized spacial score (nSPS) is 17.5. The van der Waals surface area contributed by atoms with Gasteiger partial charge in [0.15, 0.2) is 0 Å². The Balaban J connectivity index is 1.53. The molecule has 1 unspecified atom stereocenters. The summed E-state index contributed by atoms with van der Waals surface area (Å²) < 4.78 is 23.0. The van der Waals surface area contributed by atoms with Crippen molar-refractivity contribution in [1.82, 2.24) is 36.1 Å². The number of hydrogen-bond donors (Lipinski definition) is 7. The molecule has 1 aromatic heterocycles. The maximum atomic E-state index is 13.7. The number of carbonyl (C=O) groups excluding carboxylic acids is 6. The van der Waals surface area contributed by atoms with Crippen LogP contribution < -0.4 is 27.0 Å². The van der Waals surface area contributed by atoms with Gasteiger partial charge in [0.2, 0.25) is 35.4 Å². The molecule has 6 amide bonds. The van der Waals surface area contributed by atoms with Crippen LogP contribution in [0.3, 0.4) is 0 Å². The van der Waals surface area contributed by atoms with Crippen LogP contribution in [0.1, 0.15) is 104 Å². The molecule has 1 fully saturated rings. The fourth-order valence-corrected chi connectivity index (χ4v) is 7.79. The van der Waals surface area contributed by atoms with Crippen molar-refractivity contribution in [1.29, 1.82) is 0 Å². The minimum absolute atomic E-state index is 0.0336. The number of nitrogens with zero attached hydrogens (tertiary/aromatic N) is 2. The van der Waals surface area contributed by atoms with Gasteiger partial charge in [-0.1, -0.05) is 69.9 Å². The number of nitrogens with one attached hydrogen (secondary N) is 5. The monoisotopic (exact) mass is 846 g/mol. The quantitative estimate of drug-likeness (QED) is 0.0535. The molecule has 0 radical (unpaired) electrons. The van der Waals surface area contributed by atoms with Gasteiger partial charge in [0.05, 0.1) is 19.0 Å².